The summed E-state index contributed by atoms with van der Waals surface area (Å²) in [5.41, 5.74) is 0. The molecule has 3 atom stereocenters. The quantitative estimate of drug-likeness (QED) is 0.586. The number of hydrogen-bond donors (Lipinski definition) is 1. The fourth-order valence-electron chi connectivity index (χ4n) is 2.36. The third-order valence-corrected chi connectivity index (χ3v) is 2.96. The molecule has 3 unspecified atom stereocenters. The van der Waals surface area contributed by atoms with E-state index >= 15 is 0 Å². The van der Waals surface area contributed by atoms with Gasteiger partial charge in [0.25, 0.3) is 0 Å². The number of allylic oxidation sites excluding steroid dienone is 1. The van der Waals surface area contributed by atoms with E-state index in [0.29, 0.717) is 12.0 Å². The molecule has 12 heavy (non-hydrogen) atoms. The van der Waals surface area contributed by atoms with E-state index < -0.39 is 0 Å². The molecule has 3 rings (SSSR count). The van der Waals surface area contributed by atoms with Gasteiger partial charge < -0.3 is 5.32 Å². The van der Waals surface area contributed by atoms with Crippen LogP contribution in [-0.2, 0) is 4.79 Å². The van der Waals surface area contributed by atoms with Gasteiger partial charge in [-0.3, -0.25) is 4.79 Å². The van der Waals surface area contributed by atoms with Crippen LogP contribution in [0.3, 0.4) is 0 Å². The molecule has 0 aliphatic heterocycles. The van der Waals surface area contributed by atoms with Gasteiger partial charge in [0.1, 0.15) is 0 Å². The lowest BCUT2D eigenvalue weighted by atomic mass is 9.73. The van der Waals surface area contributed by atoms with Crippen molar-refractivity contribution in [1.29, 1.82) is 0 Å². The van der Waals surface area contributed by atoms with E-state index in [-0.39, 0.29) is 5.91 Å². The van der Waals surface area contributed by atoms with Crippen molar-refractivity contribution in [3.05, 3.63) is 12.2 Å². The number of carbonyl (C=O) groups is 1. The standard InChI is InChI=1S/C10H15NO/c1-7(12)11-10-6-8-2-4-9(10)5-3-8/h2,4,8-10H,3,5-6H2,1H3,(H,11,12). The highest BCUT2D eigenvalue weighted by Gasteiger charge is 2.31. The van der Waals surface area contributed by atoms with E-state index in [4.69, 9.17) is 0 Å². The topological polar surface area (TPSA) is 29.1 Å². The van der Waals surface area contributed by atoms with Crippen molar-refractivity contribution in [1.82, 2.24) is 5.32 Å². The van der Waals surface area contributed by atoms with Gasteiger partial charge in [0.05, 0.1) is 0 Å². The van der Waals surface area contributed by atoms with Crippen LogP contribution >= 0.6 is 0 Å². The number of hydrogen-bond acceptors (Lipinski definition) is 1. The van der Waals surface area contributed by atoms with E-state index in [1.165, 1.54) is 12.8 Å². The number of amides is 1. The van der Waals surface area contributed by atoms with Crippen molar-refractivity contribution in [3.8, 4) is 0 Å². The number of nitrogens with one attached hydrogen (secondary N) is 1. The maximum Gasteiger partial charge on any atom is 0.217 e. The molecule has 0 aromatic rings. The molecule has 1 fully saturated rings. The molecule has 2 heteroatoms. The first kappa shape index (κ1) is 7.84. The minimum atomic E-state index is 0.112. The van der Waals surface area contributed by atoms with Gasteiger partial charge in [-0.2, -0.15) is 0 Å². The van der Waals surface area contributed by atoms with Crippen LogP contribution in [0.5, 0.6) is 0 Å². The van der Waals surface area contributed by atoms with Gasteiger partial charge in [0, 0.05) is 13.0 Å². The average Bonchev–Trinajstić information content (AvgIpc) is 2.05. The van der Waals surface area contributed by atoms with E-state index in [2.05, 4.69) is 17.5 Å². The number of carbonyl (C=O) groups excluding carboxylic acids is 1. The molecule has 3 aliphatic rings. The fourth-order valence-corrected chi connectivity index (χ4v) is 2.36. The molecule has 0 radical (unpaired) electrons. The first-order chi connectivity index (χ1) is 5.75. The SMILES string of the molecule is CC(=O)NC1CC2C=CC1CC2. The van der Waals surface area contributed by atoms with E-state index in [9.17, 15) is 4.79 Å². The molecule has 3 aliphatic carbocycles. The number of fused-ring (bicyclic) bond motifs is 2. The fraction of sp³-hybridized carbons (Fsp3) is 0.700. The molecule has 66 valence electrons. The zero-order valence-corrected chi connectivity index (χ0v) is 7.42. The Labute approximate surface area is 73.0 Å². The van der Waals surface area contributed by atoms with Crippen molar-refractivity contribution in [3.63, 3.8) is 0 Å². The first-order valence-electron chi connectivity index (χ1n) is 4.71. The zero-order valence-electron chi connectivity index (χ0n) is 7.42. The Hall–Kier alpha value is -0.790. The van der Waals surface area contributed by atoms with Crippen LogP contribution in [0, 0.1) is 11.8 Å². The second kappa shape index (κ2) is 2.92. The summed E-state index contributed by atoms with van der Waals surface area (Å²) in [5.74, 6) is 1.45. The lowest BCUT2D eigenvalue weighted by Gasteiger charge is -2.38. The van der Waals surface area contributed by atoms with Crippen LogP contribution < -0.4 is 5.32 Å². The Morgan fingerprint density at radius 1 is 1.42 bits per heavy atom. The highest BCUT2D eigenvalue weighted by Crippen LogP contribution is 2.35. The number of rotatable bonds is 1. The average molecular weight is 165 g/mol. The van der Waals surface area contributed by atoms with Crippen LogP contribution in [0.15, 0.2) is 12.2 Å². The minimum absolute atomic E-state index is 0.112. The monoisotopic (exact) mass is 165 g/mol. The summed E-state index contributed by atoms with van der Waals surface area (Å²) in [4.78, 5) is 10.9. The maximum absolute atomic E-state index is 10.9. The first-order valence-corrected chi connectivity index (χ1v) is 4.71. The summed E-state index contributed by atoms with van der Waals surface area (Å²) in [6, 6.07) is 0.422. The largest absolute Gasteiger partial charge is 0.353 e. The molecule has 0 saturated heterocycles. The molecule has 0 heterocycles. The Kier molecular flexibility index (Phi) is 1.91. The van der Waals surface area contributed by atoms with Gasteiger partial charge >= 0.3 is 0 Å². The Bertz CT molecular complexity index is 222. The Morgan fingerprint density at radius 2 is 2.25 bits per heavy atom. The summed E-state index contributed by atoms with van der Waals surface area (Å²) in [6.45, 7) is 1.60. The Morgan fingerprint density at radius 3 is 2.67 bits per heavy atom. The van der Waals surface area contributed by atoms with Crippen molar-refractivity contribution in [2.45, 2.75) is 32.2 Å². The summed E-state index contributed by atoms with van der Waals surface area (Å²) in [5, 5.41) is 3.02. The van der Waals surface area contributed by atoms with Gasteiger partial charge in [-0.25, -0.2) is 0 Å². The predicted molar refractivity (Wildman–Crippen MR) is 47.6 cm³/mol. The van der Waals surface area contributed by atoms with E-state index in [1.807, 2.05) is 0 Å². The van der Waals surface area contributed by atoms with Gasteiger partial charge in [-0.1, -0.05) is 12.2 Å². The summed E-state index contributed by atoms with van der Waals surface area (Å²) in [7, 11) is 0. The van der Waals surface area contributed by atoms with E-state index in [1.54, 1.807) is 6.92 Å². The van der Waals surface area contributed by atoms with Crippen LogP contribution in [0.4, 0.5) is 0 Å². The predicted octanol–water partition coefficient (Wildman–Crippen LogP) is 1.48. The minimum Gasteiger partial charge on any atom is -0.353 e. The second-order valence-corrected chi connectivity index (χ2v) is 3.93. The van der Waals surface area contributed by atoms with Gasteiger partial charge in [0.2, 0.25) is 5.91 Å². The molecule has 0 aromatic carbocycles. The maximum atomic E-state index is 10.9. The lowest BCUT2D eigenvalue weighted by Crippen LogP contribution is -2.44. The molecular weight excluding hydrogens is 150 g/mol. The highest BCUT2D eigenvalue weighted by molar-refractivity contribution is 5.73. The lowest BCUT2D eigenvalue weighted by molar-refractivity contribution is -0.120. The molecule has 2 nitrogen and oxygen atoms in total. The van der Waals surface area contributed by atoms with Crippen molar-refractivity contribution >= 4 is 5.91 Å². The van der Waals surface area contributed by atoms with Gasteiger partial charge in [0.15, 0.2) is 0 Å². The summed E-state index contributed by atoms with van der Waals surface area (Å²) in [6.07, 6.45) is 8.31. The van der Waals surface area contributed by atoms with Crippen molar-refractivity contribution in [2.24, 2.45) is 11.8 Å². The third kappa shape index (κ3) is 1.38. The van der Waals surface area contributed by atoms with Crippen LogP contribution in [0.1, 0.15) is 26.2 Å². The summed E-state index contributed by atoms with van der Waals surface area (Å²) < 4.78 is 0. The zero-order chi connectivity index (χ0) is 8.55. The second-order valence-electron chi connectivity index (χ2n) is 3.93. The van der Waals surface area contributed by atoms with Gasteiger partial charge in [-0.15, -0.1) is 0 Å². The van der Waals surface area contributed by atoms with E-state index in [0.717, 1.165) is 12.3 Å². The molecule has 1 saturated carbocycles. The van der Waals surface area contributed by atoms with Crippen LogP contribution in [0.25, 0.3) is 0 Å². The summed E-state index contributed by atoms with van der Waals surface area (Å²) >= 11 is 0. The van der Waals surface area contributed by atoms with Crippen molar-refractivity contribution < 1.29 is 4.79 Å². The van der Waals surface area contributed by atoms with Crippen molar-refractivity contribution in [2.75, 3.05) is 0 Å². The third-order valence-electron chi connectivity index (χ3n) is 2.96. The molecule has 2 bridgehead atoms. The van der Waals surface area contributed by atoms with Crippen LogP contribution in [-0.4, -0.2) is 11.9 Å². The molecule has 0 spiro atoms. The van der Waals surface area contributed by atoms with Crippen LogP contribution in [0.2, 0.25) is 0 Å². The Balaban J connectivity index is 2.01. The molecule has 0 aromatic heterocycles. The smallest absolute Gasteiger partial charge is 0.217 e. The molecule has 1 amide bonds. The highest BCUT2D eigenvalue weighted by atomic mass is 16.1. The molecule has 1 N–H and O–H groups in total. The van der Waals surface area contributed by atoms with Gasteiger partial charge in [-0.05, 0) is 31.1 Å². The molecular formula is C10H15NO. The normalized spacial score (nSPS) is 38.2.